The van der Waals surface area contributed by atoms with E-state index in [4.69, 9.17) is 14.6 Å². The fraction of sp³-hybridized carbons (Fsp3) is 0.214. The van der Waals surface area contributed by atoms with Crippen molar-refractivity contribution in [2.75, 3.05) is 7.11 Å². The van der Waals surface area contributed by atoms with Gasteiger partial charge in [0.15, 0.2) is 11.5 Å². The summed E-state index contributed by atoms with van der Waals surface area (Å²) in [5, 5.41) is 8.65. The van der Waals surface area contributed by atoms with Crippen molar-refractivity contribution in [2.24, 2.45) is 0 Å². The zero-order valence-corrected chi connectivity index (χ0v) is 10.4. The number of carbonyl (C=O) groups is 1. The Hall–Kier alpha value is -2.23. The predicted octanol–water partition coefficient (Wildman–Crippen LogP) is 2.75. The van der Waals surface area contributed by atoms with E-state index in [1.165, 1.54) is 13.2 Å². The molecule has 96 valence electrons. The normalized spacial score (nSPS) is 12.1. The van der Waals surface area contributed by atoms with Gasteiger partial charge in [-0.15, -0.1) is 0 Å². The van der Waals surface area contributed by atoms with E-state index in [2.05, 4.69) is 6.58 Å². The van der Waals surface area contributed by atoms with E-state index in [1.807, 2.05) is 6.92 Å². The second-order valence-electron chi connectivity index (χ2n) is 3.61. The predicted molar refractivity (Wildman–Crippen MR) is 70.0 cm³/mol. The molecule has 0 aliphatic carbocycles. The van der Waals surface area contributed by atoms with Gasteiger partial charge >= 0.3 is 5.97 Å². The van der Waals surface area contributed by atoms with Crippen LogP contribution in [0.25, 0.3) is 6.08 Å². The van der Waals surface area contributed by atoms with Crippen LogP contribution in [0, 0.1) is 0 Å². The monoisotopic (exact) mass is 248 g/mol. The van der Waals surface area contributed by atoms with Crippen molar-refractivity contribution >= 4 is 12.0 Å². The molecule has 0 heterocycles. The summed E-state index contributed by atoms with van der Waals surface area (Å²) in [6, 6.07) is 5.28. The van der Waals surface area contributed by atoms with Gasteiger partial charge in [-0.05, 0) is 19.1 Å². The molecule has 1 N–H and O–H groups in total. The smallest absolute Gasteiger partial charge is 0.328 e. The number of methoxy groups -OCH3 is 1. The lowest BCUT2D eigenvalue weighted by molar-refractivity contribution is -0.131. The highest BCUT2D eigenvalue weighted by atomic mass is 16.5. The average molecular weight is 248 g/mol. The van der Waals surface area contributed by atoms with Crippen molar-refractivity contribution in [3.05, 3.63) is 42.5 Å². The minimum Gasteiger partial charge on any atom is -0.493 e. The zero-order chi connectivity index (χ0) is 13.5. The second-order valence-corrected chi connectivity index (χ2v) is 3.61. The quantitative estimate of drug-likeness (QED) is 0.621. The van der Waals surface area contributed by atoms with Gasteiger partial charge in [-0.1, -0.05) is 24.8 Å². The van der Waals surface area contributed by atoms with Gasteiger partial charge in [0, 0.05) is 11.6 Å². The van der Waals surface area contributed by atoms with Crippen molar-refractivity contribution < 1.29 is 19.4 Å². The van der Waals surface area contributed by atoms with Crippen LogP contribution >= 0.6 is 0 Å². The maximum absolute atomic E-state index is 10.5. The summed E-state index contributed by atoms with van der Waals surface area (Å²) in [4.78, 5) is 10.5. The summed E-state index contributed by atoms with van der Waals surface area (Å²) in [6.07, 6.45) is 3.98. The number of hydrogen-bond acceptors (Lipinski definition) is 3. The molecule has 0 saturated heterocycles. The molecular formula is C14H16O4. The Balaban J connectivity index is 3.15. The number of carboxylic acid groups (broad SMARTS) is 1. The van der Waals surface area contributed by atoms with E-state index in [1.54, 1.807) is 24.3 Å². The first-order valence-electron chi connectivity index (χ1n) is 5.45. The van der Waals surface area contributed by atoms with Crippen LogP contribution in [0.2, 0.25) is 0 Å². The Kier molecular flexibility index (Phi) is 4.99. The highest BCUT2D eigenvalue weighted by Crippen LogP contribution is 2.32. The largest absolute Gasteiger partial charge is 0.493 e. The standard InChI is InChI=1S/C14H16O4/c1-4-10(2)18-14-11(8-9-13(15)16)6-5-7-12(14)17-3/h4-10H,1H2,2-3H3,(H,15,16). The van der Waals surface area contributed by atoms with Gasteiger partial charge in [0.25, 0.3) is 0 Å². The third kappa shape index (κ3) is 3.66. The number of hydrogen-bond donors (Lipinski definition) is 1. The number of aliphatic carboxylic acids is 1. The molecule has 0 aliphatic heterocycles. The summed E-state index contributed by atoms with van der Waals surface area (Å²) >= 11 is 0. The molecule has 0 radical (unpaired) electrons. The lowest BCUT2D eigenvalue weighted by Crippen LogP contribution is -2.09. The van der Waals surface area contributed by atoms with Gasteiger partial charge in [0.1, 0.15) is 6.10 Å². The third-order valence-electron chi connectivity index (χ3n) is 2.27. The highest BCUT2D eigenvalue weighted by molar-refractivity contribution is 5.86. The van der Waals surface area contributed by atoms with E-state index in [0.29, 0.717) is 17.1 Å². The lowest BCUT2D eigenvalue weighted by Gasteiger charge is -2.16. The van der Waals surface area contributed by atoms with Crippen molar-refractivity contribution in [1.82, 2.24) is 0 Å². The van der Waals surface area contributed by atoms with Crippen LogP contribution in [0.1, 0.15) is 12.5 Å². The summed E-state index contributed by atoms with van der Waals surface area (Å²) in [5.74, 6) is 0.0432. The minimum atomic E-state index is -1.01. The van der Waals surface area contributed by atoms with Crippen LogP contribution in [-0.2, 0) is 4.79 Å². The molecule has 1 rings (SSSR count). The molecule has 18 heavy (non-hydrogen) atoms. The summed E-state index contributed by atoms with van der Waals surface area (Å²) in [7, 11) is 1.53. The first-order valence-corrected chi connectivity index (χ1v) is 5.45. The zero-order valence-electron chi connectivity index (χ0n) is 10.4. The first-order chi connectivity index (χ1) is 8.58. The fourth-order valence-corrected chi connectivity index (χ4v) is 1.35. The maximum Gasteiger partial charge on any atom is 0.328 e. The molecule has 0 saturated carbocycles. The lowest BCUT2D eigenvalue weighted by atomic mass is 10.1. The molecule has 1 aromatic carbocycles. The molecule has 0 aliphatic rings. The van der Waals surface area contributed by atoms with E-state index >= 15 is 0 Å². The average Bonchev–Trinajstić information content (AvgIpc) is 2.36. The SMILES string of the molecule is C=CC(C)Oc1c(C=CC(=O)O)cccc1OC. The van der Waals surface area contributed by atoms with E-state index in [9.17, 15) is 4.79 Å². The molecule has 0 bridgehead atoms. The summed E-state index contributed by atoms with van der Waals surface area (Å²) in [6.45, 7) is 5.48. The number of para-hydroxylation sites is 1. The molecule has 1 atom stereocenters. The number of carboxylic acids is 1. The van der Waals surface area contributed by atoms with Gasteiger partial charge in [0.2, 0.25) is 0 Å². The molecule has 0 spiro atoms. The minimum absolute atomic E-state index is 0.196. The van der Waals surface area contributed by atoms with Crippen molar-refractivity contribution in [1.29, 1.82) is 0 Å². The van der Waals surface area contributed by atoms with Gasteiger partial charge in [-0.25, -0.2) is 4.79 Å². The van der Waals surface area contributed by atoms with Crippen LogP contribution in [-0.4, -0.2) is 24.3 Å². The maximum atomic E-state index is 10.5. The molecule has 4 nitrogen and oxygen atoms in total. The molecule has 1 aromatic rings. The first kappa shape index (κ1) is 13.8. The van der Waals surface area contributed by atoms with Gasteiger partial charge in [0.05, 0.1) is 7.11 Å². The molecule has 0 amide bonds. The van der Waals surface area contributed by atoms with E-state index < -0.39 is 5.97 Å². The Bertz CT molecular complexity index is 463. The topological polar surface area (TPSA) is 55.8 Å². The molecule has 0 aromatic heterocycles. The van der Waals surface area contributed by atoms with Crippen LogP contribution in [0.3, 0.4) is 0 Å². The number of rotatable bonds is 6. The molecule has 0 fully saturated rings. The Morgan fingerprint density at radius 3 is 2.78 bits per heavy atom. The second kappa shape index (κ2) is 6.49. The molecule has 1 unspecified atom stereocenters. The number of ether oxygens (including phenoxy) is 2. The summed E-state index contributed by atoms with van der Waals surface area (Å²) < 4.78 is 10.9. The van der Waals surface area contributed by atoms with Gasteiger partial charge < -0.3 is 14.6 Å². The van der Waals surface area contributed by atoms with Crippen molar-refractivity contribution in [3.8, 4) is 11.5 Å². The van der Waals surface area contributed by atoms with E-state index in [0.717, 1.165) is 6.08 Å². The highest BCUT2D eigenvalue weighted by Gasteiger charge is 2.11. The number of benzene rings is 1. The van der Waals surface area contributed by atoms with Crippen molar-refractivity contribution in [3.63, 3.8) is 0 Å². The summed E-state index contributed by atoms with van der Waals surface area (Å²) in [5.41, 5.74) is 0.644. The van der Waals surface area contributed by atoms with Crippen LogP contribution in [0.15, 0.2) is 36.9 Å². The fourth-order valence-electron chi connectivity index (χ4n) is 1.35. The van der Waals surface area contributed by atoms with Crippen LogP contribution in [0.5, 0.6) is 11.5 Å². The van der Waals surface area contributed by atoms with E-state index in [-0.39, 0.29) is 6.10 Å². The van der Waals surface area contributed by atoms with Gasteiger partial charge in [-0.3, -0.25) is 0 Å². The molecule has 4 heteroatoms. The third-order valence-corrected chi connectivity index (χ3v) is 2.27. The Morgan fingerprint density at radius 2 is 2.22 bits per heavy atom. The Morgan fingerprint density at radius 1 is 1.50 bits per heavy atom. The van der Waals surface area contributed by atoms with Gasteiger partial charge in [-0.2, -0.15) is 0 Å². The van der Waals surface area contributed by atoms with Crippen LogP contribution in [0.4, 0.5) is 0 Å². The Labute approximate surface area is 106 Å². The van der Waals surface area contributed by atoms with Crippen molar-refractivity contribution in [2.45, 2.75) is 13.0 Å². The van der Waals surface area contributed by atoms with Crippen LogP contribution < -0.4 is 9.47 Å². The molecular weight excluding hydrogens is 232 g/mol.